The molecular formula is C11H15NO4. The van der Waals surface area contributed by atoms with Crippen LogP contribution in [0.2, 0.25) is 0 Å². The van der Waals surface area contributed by atoms with Crippen LogP contribution in [0, 0.1) is 0 Å². The molecule has 1 aromatic rings. The van der Waals surface area contributed by atoms with Gasteiger partial charge in [0.1, 0.15) is 5.54 Å². The fourth-order valence-corrected chi connectivity index (χ4v) is 1.57. The van der Waals surface area contributed by atoms with Crippen LogP contribution in [0.5, 0.6) is 0 Å². The van der Waals surface area contributed by atoms with Crippen molar-refractivity contribution in [1.82, 2.24) is 4.57 Å². The Balaban J connectivity index is 2.93. The lowest BCUT2D eigenvalue weighted by atomic mass is 9.95. The molecule has 0 aliphatic heterocycles. The van der Waals surface area contributed by atoms with Gasteiger partial charge in [0.2, 0.25) is 0 Å². The van der Waals surface area contributed by atoms with E-state index in [9.17, 15) is 9.59 Å². The molecule has 1 atom stereocenters. The number of carbonyl (C=O) groups excluding carboxylic acids is 1. The molecule has 5 nitrogen and oxygen atoms in total. The van der Waals surface area contributed by atoms with E-state index in [2.05, 4.69) is 0 Å². The van der Waals surface area contributed by atoms with Gasteiger partial charge in [-0.1, -0.05) is 0 Å². The molecule has 1 N–H and O–H groups in total. The molecule has 1 rings (SSSR count). The Morgan fingerprint density at radius 1 is 1.38 bits per heavy atom. The van der Waals surface area contributed by atoms with Gasteiger partial charge in [-0.3, -0.25) is 4.79 Å². The van der Waals surface area contributed by atoms with Gasteiger partial charge in [-0.2, -0.15) is 0 Å². The molecule has 88 valence electrons. The first-order chi connectivity index (χ1) is 7.50. The van der Waals surface area contributed by atoms with E-state index in [1.165, 1.54) is 7.11 Å². The van der Waals surface area contributed by atoms with E-state index < -0.39 is 17.5 Å². The maximum Gasteiger partial charge on any atom is 0.331 e. The molecule has 1 aromatic heterocycles. The summed E-state index contributed by atoms with van der Waals surface area (Å²) in [6.45, 7) is 1.67. The van der Waals surface area contributed by atoms with Gasteiger partial charge in [-0.05, 0) is 25.5 Å². The number of carboxylic acid groups (broad SMARTS) is 1. The number of hydrogen-bond acceptors (Lipinski definition) is 3. The third-order valence-corrected chi connectivity index (χ3v) is 2.63. The summed E-state index contributed by atoms with van der Waals surface area (Å²) in [5.41, 5.74) is -0.962. The number of methoxy groups -OCH3 is 1. The monoisotopic (exact) mass is 225 g/mol. The van der Waals surface area contributed by atoms with Crippen molar-refractivity contribution in [3.05, 3.63) is 24.5 Å². The maximum atomic E-state index is 11.7. The first-order valence-corrected chi connectivity index (χ1v) is 4.94. The summed E-state index contributed by atoms with van der Waals surface area (Å²) >= 11 is 0. The Morgan fingerprint density at radius 3 is 2.38 bits per heavy atom. The second-order valence-electron chi connectivity index (χ2n) is 3.75. The van der Waals surface area contributed by atoms with E-state index >= 15 is 0 Å². The van der Waals surface area contributed by atoms with Gasteiger partial charge in [0.25, 0.3) is 0 Å². The van der Waals surface area contributed by atoms with Crippen LogP contribution < -0.4 is 0 Å². The summed E-state index contributed by atoms with van der Waals surface area (Å²) in [7, 11) is 1.30. The average molecular weight is 225 g/mol. The maximum absolute atomic E-state index is 11.7. The van der Waals surface area contributed by atoms with Crippen molar-refractivity contribution in [3.8, 4) is 0 Å². The van der Waals surface area contributed by atoms with Crippen LogP contribution in [0.1, 0.15) is 19.8 Å². The first-order valence-electron chi connectivity index (χ1n) is 4.94. The lowest BCUT2D eigenvalue weighted by Gasteiger charge is -2.28. The smallest absolute Gasteiger partial charge is 0.331 e. The van der Waals surface area contributed by atoms with Crippen LogP contribution in [0.15, 0.2) is 24.5 Å². The quantitative estimate of drug-likeness (QED) is 0.765. The van der Waals surface area contributed by atoms with Crippen LogP contribution >= 0.6 is 0 Å². The van der Waals surface area contributed by atoms with Gasteiger partial charge < -0.3 is 14.4 Å². The fourth-order valence-electron chi connectivity index (χ4n) is 1.57. The number of esters is 1. The predicted molar refractivity (Wildman–Crippen MR) is 57.0 cm³/mol. The van der Waals surface area contributed by atoms with Crippen LogP contribution in [0.3, 0.4) is 0 Å². The highest BCUT2D eigenvalue weighted by Crippen LogP contribution is 2.24. The SMILES string of the molecule is COC(=O)[C@](C)(CCC(=O)O)n1cccc1. The van der Waals surface area contributed by atoms with Crippen LogP contribution in [0.4, 0.5) is 0 Å². The van der Waals surface area contributed by atoms with Gasteiger partial charge >= 0.3 is 11.9 Å². The minimum Gasteiger partial charge on any atom is -0.481 e. The van der Waals surface area contributed by atoms with Gasteiger partial charge in [0.15, 0.2) is 0 Å². The van der Waals surface area contributed by atoms with Gasteiger partial charge in [0.05, 0.1) is 7.11 Å². The highest BCUT2D eigenvalue weighted by Gasteiger charge is 2.35. The number of aromatic nitrogens is 1. The van der Waals surface area contributed by atoms with Gasteiger partial charge in [-0.25, -0.2) is 4.79 Å². The van der Waals surface area contributed by atoms with E-state index in [4.69, 9.17) is 9.84 Å². The van der Waals surface area contributed by atoms with E-state index in [-0.39, 0.29) is 12.8 Å². The molecule has 0 unspecified atom stereocenters. The van der Waals surface area contributed by atoms with Crippen LogP contribution in [-0.2, 0) is 19.9 Å². The Bertz CT molecular complexity index is 371. The first kappa shape index (κ1) is 12.3. The molecule has 0 bridgehead atoms. The largest absolute Gasteiger partial charge is 0.481 e. The molecule has 0 spiro atoms. The second kappa shape index (κ2) is 4.83. The normalized spacial score (nSPS) is 14.1. The summed E-state index contributed by atoms with van der Waals surface area (Å²) in [5.74, 6) is -1.37. The molecule has 16 heavy (non-hydrogen) atoms. The van der Waals surface area contributed by atoms with Crippen molar-refractivity contribution in [2.45, 2.75) is 25.3 Å². The fraction of sp³-hybridized carbons (Fsp3) is 0.455. The zero-order valence-electron chi connectivity index (χ0n) is 9.34. The van der Waals surface area contributed by atoms with Gasteiger partial charge in [-0.15, -0.1) is 0 Å². The average Bonchev–Trinajstić information content (AvgIpc) is 2.78. The molecule has 0 saturated carbocycles. The second-order valence-corrected chi connectivity index (χ2v) is 3.75. The Hall–Kier alpha value is -1.78. The Labute approximate surface area is 93.6 Å². The molecule has 1 heterocycles. The summed E-state index contributed by atoms with van der Waals surface area (Å²) in [6, 6.07) is 3.56. The van der Waals surface area contributed by atoms with Crippen LogP contribution in [0.25, 0.3) is 0 Å². The van der Waals surface area contributed by atoms with Crippen molar-refractivity contribution >= 4 is 11.9 Å². The van der Waals surface area contributed by atoms with Crippen LogP contribution in [-0.4, -0.2) is 28.7 Å². The lowest BCUT2D eigenvalue weighted by molar-refractivity contribution is -0.151. The third-order valence-electron chi connectivity index (χ3n) is 2.63. The molecule has 0 fully saturated rings. The molecule has 0 aliphatic carbocycles. The van der Waals surface area contributed by atoms with Crippen molar-refractivity contribution in [3.63, 3.8) is 0 Å². The number of hydrogen-bond donors (Lipinski definition) is 1. The topological polar surface area (TPSA) is 68.5 Å². The predicted octanol–water partition coefficient (Wildman–Crippen LogP) is 1.24. The molecule has 0 amide bonds. The van der Waals surface area contributed by atoms with Crippen molar-refractivity contribution in [1.29, 1.82) is 0 Å². The Kier molecular flexibility index (Phi) is 3.71. The molecule has 0 aliphatic rings. The minimum atomic E-state index is -0.962. The number of nitrogens with zero attached hydrogens (tertiary/aromatic N) is 1. The molecule has 5 heteroatoms. The highest BCUT2D eigenvalue weighted by molar-refractivity contribution is 5.79. The zero-order chi connectivity index (χ0) is 12.2. The standard InChI is InChI=1S/C11H15NO4/c1-11(10(15)16-2,6-5-9(13)14)12-7-3-4-8-12/h3-4,7-8H,5-6H2,1-2H3,(H,13,14)/t11-/m0/s1. The van der Waals surface area contributed by atoms with Gasteiger partial charge in [0, 0.05) is 18.8 Å². The summed E-state index contributed by atoms with van der Waals surface area (Å²) in [6.07, 6.45) is 3.56. The lowest BCUT2D eigenvalue weighted by Crippen LogP contribution is -2.39. The summed E-state index contributed by atoms with van der Waals surface area (Å²) < 4.78 is 6.39. The van der Waals surface area contributed by atoms with E-state index in [1.54, 1.807) is 36.0 Å². The number of ether oxygens (including phenoxy) is 1. The number of rotatable bonds is 5. The van der Waals surface area contributed by atoms with E-state index in [1.807, 2.05) is 0 Å². The van der Waals surface area contributed by atoms with Crippen molar-refractivity contribution < 1.29 is 19.4 Å². The number of aliphatic carboxylic acids is 1. The molecular weight excluding hydrogens is 210 g/mol. The number of carbonyl (C=O) groups is 2. The Morgan fingerprint density at radius 2 is 1.94 bits per heavy atom. The third kappa shape index (κ3) is 2.42. The zero-order valence-corrected chi connectivity index (χ0v) is 9.34. The molecule has 0 radical (unpaired) electrons. The van der Waals surface area contributed by atoms with E-state index in [0.29, 0.717) is 0 Å². The highest BCUT2D eigenvalue weighted by atomic mass is 16.5. The molecule has 0 aromatic carbocycles. The summed E-state index contributed by atoms with van der Waals surface area (Å²) in [5, 5.41) is 8.67. The summed E-state index contributed by atoms with van der Waals surface area (Å²) in [4.78, 5) is 22.3. The minimum absolute atomic E-state index is 0.0796. The van der Waals surface area contributed by atoms with Crippen molar-refractivity contribution in [2.75, 3.05) is 7.11 Å². The van der Waals surface area contributed by atoms with Crippen molar-refractivity contribution in [2.24, 2.45) is 0 Å². The van der Waals surface area contributed by atoms with E-state index in [0.717, 1.165) is 0 Å². The molecule has 0 saturated heterocycles. The number of carboxylic acids is 1.